The number of hydrogen-bond donors (Lipinski definition) is 3. The molecule has 1 aliphatic rings. The summed E-state index contributed by atoms with van der Waals surface area (Å²) in [5.41, 5.74) is 6.28. The highest BCUT2D eigenvalue weighted by molar-refractivity contribution is 5.89. The lowest BCUT2D eigenvalue weighted by atomic mass is 9.97. The number of aromatic carboxylic acids is 1. The Hall–Kier alpha value is -1.82. The van der Waals surface area contributed by atoms with Gasteiger partial charge in [0.2, 0.25) is 0 Å². The molecule has 0 bridgehead atoms. The van der Waals surface area contributed by atoms with Crippen molar-refractivity contribution < 1.29 is 15.0 Å². The van der Waals surface area contributed by atoms with Crippen molar-refractivity contribution in [1.29, 1.82) is 0 Å². The van der Waals surface area contributed by atoms with Gasteiger partial charge in [-0.2, -0.15) is 0 Å². The maximum absolute atomic E-state index is 10.8. The Kier molecular flexibility index (Phi) is 3.38. The van der Waals surface area contributed by atoms with Crippen LogP contribution < -0.4 is 10.6 Å². The first kappa shape index (κ1) is 12.6. The van der Waals surface area contributed by atoms with Gasteiger partial charge in [0.1, 0.15) is 0 Å². The summed E-state index contributed by atoms with van der Waals surface area (Å²) in [4.78, 5) is 16.9. The van der Waals surface area contributed by atoms with Crippen molar-refractivity contribution in [2.24, 2.45) is 5.92 Å². The number of nitrogen functional groups attached to an aromatic ring is 1. The Morgan fingerprint density at radius 2 is 2.33 bits per heavy atom. The molecule has 18 heavy (non-hydrogen) atoms. The van der Waals surface area contributed by atoms with Crippen LogP contribution in [0.15, 0.2) is 12.3 Å². The number of carboxylic acid groups (broad SMARTS) is 1. The van der Waals surface area contributed by atoms with E-state index in [2.05, 4.69) is 4.98 Å². The Morgan fingerprint density at radius 3 is 2.89 bits per heavy atom. The Balaban J connectivity index is 2.21. The maximum atomic E-state index is 10.8. The summed E-state index contributed by atoms with van der Waals surface area (Å²) in [5.74, 6) is -0.291. The van der Waals surface area contributed by atoms with Gasteiger partial charge in [-0.1, -0.05) is 6.92 Å². The van der Waals surface area contributed by atoms with Crippen molar-refractivity contribution in [1.82, 2.24) is 4.98 Å². The molecule has 2 heterocycles. The van der Waals surface area contributed by atoms with Gasteiger partial charge in [-0.05, 0) is 18.4 Å². The fourth-order valence-corrected chi connectivity index (χ4v) is 2.18. The summed E-state index contributed by atoms with van der Waals surface area (Å²) in [7, 11) is 0. The average Bonchev–Trinajstić information content (AvgIpc) is 2.32. The maximum Gasteiger partial charge on any atom is 0.337 e. The number of nitrogens with two attached hydrogens (primary N) is 1. The van der Waals surface area contributed by atoms with Crippen LogP contribution in [0.2, 0.25) is 0 Å². The van der Waals surface area contributed by atoms with Crippen LogP contribution in [-0.2, 0) is 0 Å². The van der Waals surface area contributed by atoms with E-state index >= 15 is 0 Å². The number of nitrogens with zero attached hydrogens (tertiary/aromatic N) is 2. The van der Waals surface area contributed by atoms with Crippen molar-refractivity contribution >= 4 is 17.5 Å². The Morgan fingerprint density at radius 1 is 1.61 bits per heavy atom. The standard InChI is InChI=1S/C12H17N3O3/c1-7-6-15(3-2-10(7)16)11-9(13)4-8(5-14-11)12(17)18/h4-5,7,10,16H,2-3,6,13H2,1H3,(H,17,18). The summed E-state index contributed by atoms with van der Waals surface area (Å²) in [5, 5.41) is 18.5. The van der Waals surface area contributed by atoms with Gasteiger partial charge in [0.15, 0.2) is 5.82 Å². The topological polar surface area (TPSA) is 99.7 Å². The molecule has 0 aromatic carbocycles. The van der Waals surface area contributed by atoms with Gasteiger partial charge >= 0.3 is 5.97 Å². The van der Waals surface area contributed by atoms with Gasteiger partial charge in [0.25, 0.3) is 0 Å². The first-order valence-electron chi connectivity index (χ1n) is 5.91. The number of piperidine rings is 1. The molecule has 4 N–H and O–H groups in total. The smallest absolute Gasteiger partial charge is 0.337 e. The number of pyridine rings is 1. The molecule has 2 unspecified atom stereocenters. The summed E-state index contributed by atoms with van der Waals surface area (Å²) in [6.07, 6.45) is 1.69. The number of aliphatic hydroxyl groups is 1. The molecule has 0 saturated carbocycles. The lowest BCUT2D eigenvalue weighted by molar-refractivity contribution is 0.0696. The van der Waals surface area contributed by atoms with Crippen LogP contribution in [-0.4, -0.2) is 40.4 Å². The summed E-state index contributed by atoms with van der Waals surface area (Å²) in [6, 6.07) is 1.42. The number of carbonyl (C=O) groups is 1. The summed E-state index contributed by atoms with van der Waals surface area (Å²) >= 11 is 0. The van der Waals surface area contributed by atoms with Gasteiger partial charge < -0.3 is 20.8 Å². The minimum absolute atomic E-state index is 0.0846. The summed E-state index contributed by atoms with van der Waals surface area (Å²) < 4.78 is 0. The van der Waals surface area contributed by atoms with Gasteiger partial charge in [0, 0.05) is 19.3 Å². The number of anilines is 2. The van der Waals surface area contributed by atoms with E-state index in [9.17, 15) is 9.90 Å². The molecule has 6 heteroatoms. The quantitative estimate of drug-likeness (QED) is 0.710. The molecule has 0 spiro atoms. The normalized spacial score (nSPS) is 24.0. The third-order valence-corrected chi connectivity index (χ3v) is 3.30. The molecule has 0 amide bonds. The second-order valence-electron chi connectivity index (χ2n) is 4.72. The van der Waals surface area contributed by atoms with Gasteiger partial charge in [-0.15, -0.1) is 0 Å². The molecule has 2 rings (SSSR count). The largest absolute Gasteiger partial charge is 0.478 e. The van der Waals surface area contributed by atoms with Crippen LogP contribution in [0.4, 0.5) is 11.5 Å². The number of rotatable bonds is 2. The highest BCUT2D eigenvalue weighted by Crippen LogP contribution is 2.26. The number of hydrogen-bond acceptors (Lipinski definition) is 5. The molecule has 98 valence electrons. The van der Waals surface area contributed by atoms with Crippen LogP contribution in [0, 0.1) is 5.92 Å². The molecule has 1 aromatic rings. The van der Waals surface area contributed by atoms with Crippen LogP contribution >= 0.6 is 0 Å². The van der Waals surface area contributed by atoms with Crippen molar-refractivity contribution in [3.05, 3.63) is 17.8 Å². The van der Waals surface area contributed by atoms with E-state index in [4.69, 9.17) is 10.8 Å². The van der Waals surface area contributed by atoms with E-state index in [0.717, 1.165) is 0 Å². The lowest BCUT2D eigenvalue weighted by Gasteiger charge is -2.35. The van der Waals surface area contributed by atoms with E-state index in [1.165, 1.54) is 12.3 Å². The molecule has 0 radical (unpaired) electrons. The molecular weight excluding hydrogens is 234 g/mol. The van der Waals surface area contributed by atoms with Gasteiger partial charge in [0.05, 0.1) is 17.4 Å². The highest BCUT2D eigenvalue weighted by Gasteiger charge is 2.26. The van der Waals surface area contributed by atoms with Crippen molar-refractivity contribution in [3.8, 4) is 0 Å². The fraction of sp³-hybridized carbons (Fsp3) is 0.500. The predicted octanol–water partition coefficient (Wildman–Crippen LogP) is 0.569. The molecule has 6 nitrogen and oxygen atoms in total. The SMILES string of the molecule is CC1CN(c2ncc(C(=O)O)cc2N)CCC1O. The Bertz CT molecular complexity index is 464. The second kappa shape index (κ2) is 4.81. The number of aliphatic hydroxyl groups excluding tert-OH is 1. The van der Waals surface area contributed by atoms with Crippen LogP contribution in [0.25, 0.3) is 0 Å². The van der Waals surface area contributed by atoms with Crippen LogP contribution in [0.1, 0.15) is 23.7 Å². The third kappa shape index (κ3) is 2.38. The van der Waals surface area contributed by atoms with E-state index < -0.39 is 5.97 Å². The van der Waals surface area contributed by atoms with Gasteiger partial charge in [-0.3, -0.25) is 0 Å². The van der Waals surface area contributed by atoms with E-state index in [1.807, 2.05) is 11.8 Å². The molecule has 1 fully saturated rings. The van der Waals surface area contributed by atoms with Crippen molar-refractivity contribution in [2.45, 2.75) is 19.4 Å². The lowest BCUT2D eigenvalue weighted by Crippen LogP contribution is -2.42. The van der Waals surface area contributed by atoms with E-state index in [-0.39, 0.29) is 17.6 Å². The van der Waals surface area contributed by atoms with Crippen molar-refractivity contribution in [2.75, 3.05) is 23.7 Å². The molecule has 2 atom stereocenters. The first-order valence-corrected chi connectivity index (χ1v) is 5.91. The zero-order valence-corrected chi connectivity index (χ0v) is 10.2. The summed E-state index contributed by atoms with van der Waals surface area (Å²) in [6.45, 7) is 3.32. The molecular formula is C12H17N3O3. The monoisotopic (exact) mass is 251 g/mol. The van der Waals surface area contributed by atoms with Crippen LogP contribution in [0.3, 0.4) is 0 Å². The van der Waals surface area contributed by atoms with Gasteiger partial charge in [-0.25, -0.2) is 9.78 Å². The fourth-order valence-electron chi connectivity index (χ4n) is 2.18. The molecule has 0 aliphatic carbocycles. The third-order valence-electron chi connectivity index (χ3n) is 3.30. The minimum atomic E-state index is -1.04. The first-order chi connectivity index (χ1) is 8.49. The zero-order valence-electron chi connectivity index (χ0n) is 10.2. The minimum Gasteiger partial charge on any atom is -0.478 e. The highest BCUT2D eigenvalue weighted by atomic mass is 16.4. The zero-order chi connectivity index (χ0) is 13.3. The molecule has 1 aliphatic heterocycles. The molecule has 1 aromatic heterocycles. The van der Waals surface area contributed by atoms with Crippen molar-refractivity contribution in [3.63, 3.8) is 0 Å². The van der Waals surface area contributed by atoms with E-state index in [0.29, 0.717) is 31.0 Å². The Labute approximate surface area is 105 Å². The van der Waals surface area contributed by atoms with Crippen LogP contribution in [0.5, 0.6) is 0 Å². The average molecular weight is 251 g/mol. The number of aromatic nitrogens is 1. The number of carboxylic acids is 1. The molecule has 1 saturated heterocycles. The van der Waals surface area contributed by atoms with E-state index in [1.54, 1.807) is 0 Å². The second-order valence-corrected chi connectivity index (χ2v) is 4.72. The predicted molar refractivity (Wildman–Crippen MR) is 67.6 cm³/mol.